The molecule has 5 rings (SSSR count). The highest BCUT2D eigenvalue weighted by Gasteiger charge is 2.30. The Bertz CT molecular complexity index is 1370. The Labute approximate surface area is 213 Å². The van der Waals surface area contributed by atoms with E-state index in [1.807, 2.05) is 24.3 Å². The Morgan fingerprint density at radius 3 is 2.56 bits per heavy atom. The van der Waals surface area contributed by atoms with Gasteiger partial charge in [0, 0.05) is 30.3 Å². The number of benzene rings is 2. The highest BCUT2D eigenvalue weighted by molar-refractivity contribution is 9.10. The number of nitrogens with zero attached hydrogens (tertiary/aromatic N) is 5. The number of carbonyl (C=O) groups excluding carboxylic acids is 1. The van der Waals surface area contributed by atoms with Crippen molar-refractivity contribution in [3.63, 3.8) is 0 Å². The maximum Gasteiger partial charge on any atom is 0.416 e. The molecule has 7 nitrogen and oxygen atoms in total. The second kappa shape index (κ2) is 9.88. The lowest BCUT2D eigenvalue weighted by Crippen LogP contribution is -2.43. The Kier molecular flexibility index (Phi) is 6.65. The van der Waals surface area contributed by atoms with E-state index in [-0.39, 0.29) is 11.8 Å². The Balaban J connectivity index is 1.32. The number of nitrogens with one attached hydrogen (secondary N) is 1. The number of aromatic nitrogens is 4. The van der Waals surface area contributed by atoms with E-state index in [1.54, 1.807) is 6.20 Å². The lowest BCUT2D eigenvalue weighted by molar-refractivity contribution is -0.137. The van der Waals surface area contributed by atoms with Crippen molar-refractivity contribution in [2.24, 2.45) is 5.92 Å². The van der Waals surface area contributed by atoms with E-state index in [0.717, 1.165) is 41.6 Å². The fraction of sp³-hybridized carbons (Fsp3) is 0.280. The molecule has 36 heavy (non-hydrogen) atoms. The van der Waals surface area contributed by atoms with E-state index in [4.69, 9.17) is 0 Å². The zero-order valence-electron chi connectivity index (χ0n) is 19.0. The second-order valence-electron chi connectivity index (χ2n) is 8.68. The molecule has 3 heterocycles. The predicted molar refractivity (Wildman–Crippen MR) is 133 cm³/mol. The molecule has 4 aromatic rings. The molecule has 1 aliphatic heterocycles. The summed E-state index contributed by atoms with van der Waals surface area (Å²) >= 11 is 3.41. The molecule has 1 aliphatic rings. The van der Waals surface area contributed by atoms with Gasteiger partial charge in [-0.3, -0.25) is 4.79 Å². The summed E-state index contributed by atoms with van der Waals surface area (Å²) in [5.41, 5.74) is 1.21. The van der Waals surface area contributed by atoms with Gasteiger partial charge in [-0.25, -0.2) is 14.6 Å². The molecule has 1 N–H and O–H groups in total. The van der Waals surface area contributed by atoms with Gasteiger partial charge in [0.1, 0.15) is 12.1 Å². The average Bonchev–Trinajstić information content (AvgIpc) is 3.32. The standard InChI is InChI=1S/C25H22BrF3N6O/c26-19-7-3-16(4-8-19)12-30-24(36)17-2-1-11-34(13-17)23-21-14-35(33-22(21)31-15-32-23)20-9-5-18(6-10-20)25(27,28)29/h3-10,14-15,17H,1-2,11-13H2,(H,30,36)/t17-/m1/s1. The first-order valence-electron chi connectivity index (χ1n) is 11.4. The zero-order valence-corrected chi connectivity index (χ0v) is 20.6. The van der Waals surface area contributed by atoms with Gasteiger partial charge in [0.2, 0.25) is 5.91 Å². The van der Waals surface area contributed by atoms with Gasteiger partial charge in [0.25, 0.3) is 0 Å². The molecule has 1 atom stereocenters. The lowest BCUT2D eigenvalue weighted by atomic mass is 9.97. The van der Waals surface area contributed by atoms with E-state index in [0.29, 0.717) is 35.6 Å². The molecule has 2 aromatic heterocycles. The van der Waals surface area contributed by atoms with Crippen LogP contribution in [0.15, 0.2) is 65.5 Å². The van der Waals surface area contributed by atoms with E-state index < -0.39 is 11.7 Å². The van der Waals surface area contributed by atoms with Crippen LogP contribution in [0.2, 0.25) is 0 Å². The predicted octanol–water partition coefficient (Wildman–Crippen LogP) is 5.13. The van der Waals surface area contributed by atoms with Gasteiger partial charge in [-0.05, 0) is 54.8 Å². The van der Waals surface area contributed by atoms with Crippen LogP contribution in [0.5, 0.6) is 0 Å². The smallest absolute Gasteiger partial charge is 0.355 e. The molecular formula is C25H22BrF3N6O. The molecule has 0 unspecified atom stereocenters. The number of halogens is 4. The summed E-state index contributed by atoms with van der Waals surface area (Å²) in [6, 6.07) is 12.6. The third kappa shape index (κ3) is 5.20. The highest BCUT2D eigenvalue weighted by atomic mass is 79.9. The molecule has 0 bridgehead atoms. The largest absolute Gasteiger partial charge is 0.416 e. The molecule has 1 fully saturated rings. The van der Waals surface area contributed by atoms with Crippen molar-refractivity contribution >= 4 is 38.7 Å². The fourth-order valence-corrected chi connectivity index (χ4v) is 4.60. The van der Waals surface area contributed by atoms with Crippen LogP contribution < -0.4 is 10.2 Å². The van der Waals surface area contributed by atoms with Crippen molar-refractivity contribution in [1.29, 1.82) is 0 Å². The van der Waals surface area contributed by atoms with Crippen LogP contribution in [0.3, 0.4) is 0 Å². The molecule has 2 aromatic carbocycles. The zero-order chi connectivity index (χ0) is 25.3. The van der Waals surface area contributed by atoms with Crippen LogP contribution >= 0.6 is 15.9 Å². The van der Waals surface area contributed by atoms with Crippen LogP contribution in [0.4, 0.5) is 19.0 Å². The first-order chi connectivity index (χ1) is 17.3. The summed E-state index contributed by atoms with van der Waals surface area (Å²) in [5.74, 6) is 0.459. The number of piperidine rings is 1. The van der Waals surface area contributed by atoms with E-state index in [1.165, 1.54) is 23.1 Å². The molecule has 186 valence electrons. The molecule has 11 heteroatoms. The SMILES string of the molecule is O=C(NCc1ccc(Br)cc1)[C@@H]1CCCN(c2ncnc3nn(-c4ccc(C(F)(F)F)cc4)cc23)C1. The number of fused-ring (bicyclic) bond motifs is 1. The summed E-state index contributed by atoms with van der Waals surface area (Å²) in [7, 11) is 0. The summed E-state index contributed by atoms with van der Waals surface area (Å²) in [6.07, 6.45) is 0.335. The Hall–Kier alpha value is -3.47. The molecule has 1 amide bonds. The number of amides is 1. The van der Waals surface area contributed by atoms with Gasteiger partial charge in [-0.15, -0.1) is 5.10 Å². The quantitative estimate of drug-likeness (QED) is 0.367. The number of alkyl halides is 3. The first kappa shape index (κ1) is 24.2. The van der Waals surface area contributed by atoms with Crippen molar-refractivity contribution < 1.29 is 18.0 Å². The van der Waals surface area contributed by atoms with Gasteiger partial charge in [0.05, 0.1) is 22.6 Å². The van der Waals surface area contributed by atoms with Crippen LogP contribution in [0.25, 0.3) is 16.7 Å². The molecule has 0 saturated carbocycles. The van der Waals surface area contributed by atoms with Crippen LogP contribution in [0.1, 0.15) is 24.0 Å². The van der Waals surface area contributed by atoms with Gasteiger partial charge < -0.3 is 10.2 Å². The molecule has 0 spiro atoms. The molecular weight excluding hydrogens is 537 g/mol. The Morgan fingerprint density at radius 1 is 1.08 bits per heavy atom. The number of rotatable bonds is 5. The van der Waals surface area contributed by atoms with Crippen molar-refractivity contribution in [2.45, 2.75) is 25.6 Å². The normalized spacial score (nSPS) is 16.3. The van der Waals surface area contributed by atoms with Gasteiger partial charge in [-0.1, -0.05) is 28.1 Å². The van der Waals surface area contributed by atoms with E-state index in [9.17, 15) is 18.0 Å². The monoisotopic (exact) mass is 558 g/mol. The number of anilines is 1. The number of hydrogen-bond donors (Lipinski definition) is 1. The minimum Gasteiger partial charge on any atom is -0.355 e. The number of carbonyl (C=O) groups is 1. The van der Waals surface area contributed by atoms with Gasteiger partial charge in [0.15, 0.2) is 5.65 Å². The van der Waals surface area contributed by atoms with Crippen LogP contribution in [-0.2, 0) is 17.5 Å². The number of hydrogen-bond acceptors (Lipinski definition) is 5. The fourth-order valence-electron chi connectivity index (χ4n) is 4.33. The van der Waals surface area contributed by atoms with E-state index >= 15 is 0 Å². The summed E-state index contributed by atoms with van der Waals surface area (Å²) in [5, 5.41) is 8.13. The summed E-state index contributed by atoms with van der Waals surface area (Å²) < 4.78 is 41.2. The summed E-state index contributed by atoms with van der Waals surface area (Å²) in [4.78, 5) is 23.6. The maximum absolute atomic E-state index is 12.9. The van der Waals surface area contributed by atoms with Crippen molar-refractivity contribution in [2.75, 3.05) is 18.0 Å². The van der Waals surface area contributed by atoms with E-state index in [2.05, 4.69) is 41.2 Å². The Morgan fingerprint density at radius 2 is 1.83 bits per heavy atom. The van der Waals surface area contributed by atoms with Gasteiger partial charge in [-0.2, -0.15) is 13.2 Å². The minimum atomic E-state index is -4.40. The second-order valence-corrected chi connectivity index (χ2v) is 9.60. The molecule has 0 aliphatic carbocycles. The highest BCUT2D eigenvalue weighted by Crippen LogP contribution is 2.31. The van der Waals surface area contributed by atoms with Crippen molar-refractivity contribution in [1.82, 2.24) is 25.1 Å². The molecule has 0 radical (unpaired) electrons. The molecule has 1 saturated heterocycles. The summed E-state index contributed by atoms with van der Waals surface area (Å²) in [6.45, 7) is 1.69. The van der Waals surface area contributed by atoms with Gasteiger partial charge >= 0.3 is 6.18 Å². The van der Waals surface area contributed by atoms with Crippen molar-refractivity contribution in [3.05, 3.63) is 76.7 Å². The van der Waals surface area contributed by atoms with Crippen LogP contribution in [0, 0.1) is 5.92 Å². The minimum absolute atomic E-state index is 0.00614. The average molecular weight is 559 g/mol. The third-order valence-electron chi connectivity index (χ3n) is 6.23. The first-order valence-corrected chi connectivity index (χ1v) is 12.2. The lowest BCUT2D eigenvalue weighted by Gasteiger charge is -2.33. The third-order valence-corrected chi connectivity index (χ3v) is 6.76. The van der Waals surface area contributed by atoms with Crippen LogP contribution in [-0.4, -0.2) is 38.7 Å². The topological polar surface area (TPSA) is 75.9 Å². The van der Waals surface area contributed by atoms with Crippen molar-refractivity contribution in [3.8, 4) is 5.69 Å². The maximum atomic E-state index is 12.9.